The number of aliphatic carboxylic acids is 1. The monoisotopic (exact) mass is 335 g/mol. The van der Waals surface area contributed by atoms with E-state index in [1.54, 1.807) is 0 Å². The van der Waals surface area contributed by atoms with Crippen LogP contribution in [0.15, 0.2) is 5.38 Å². The van der Waals surface area contributed by atoms with Gasteiger partial charge in [-0.15, -0.1) is 11.3 Å². The summed E-state index contributed by atoms with van der Waals surface area (Å²) < 4.78 is 33.8. The number of hydrogen-bond acceptors (Lipinski definition) is 6. The van der Waals surface area contributed by atoms with Crippen LogP contribution in [-0.4, -0.2) is 54.1 Å². The highest BCUT2D eigenvalue weighted by Gasteiger charge is 2.31. The van der Waals surface area contributed by atoms with Crippen LogP contribution in [0.2, 0.25) is 0 Å². The summed E-state index contributed by atoms with van der Waals surface area (Å²) in [7, 11) is -3.71. The normalized spacial score (nSPS) is 23.9. The van der Waals surface area contributed by atoms with Gasteiger partial charge < -0.3 is 9.84 Å². The third-order valence-electron chi connectivity index (χ3n) is 2.83. The fourth-order valence-corrected chi connectivity index (χ4v) is 4.36. The number of carboxylic acid groups (broad SMARTS) is 1. The first-order chi connectivity index (χ1) is 9.76. The Morgan fingerprint density at radius 2 is 2.14 bits per heavy atom. The number of aromatic nitrogens is 1. The summed E-state index contributed by atoms with van der Waals surface area (Å²) in [5.74, 6) is -1.01. The van der Waals surface area contributed by atoms with Gasteiger partial charge in [-0.3, -0.25) is 4.79 Å². The Hall–Kier alpha value is -1.23. The second-order valence-electron chi connectivity index (χ2n) is 4.90. The van der Waals surface area contributed by atoms with E-state index in [0.29, 0.717) is 5.69 Å². The summed E-state index contributed by atoms with van der Waals surface area (Å²) in [5, 5.41) is 10.4. The van der Waals surface area contributed by atoms with E-state index in [2.05, 4.69) is 9.71 Å². The van der Waals surface area contributed by atoms with Gasteiger partial charge in [0.15, 0.2) is 5.13 Å². The Morgan fingerprint density at radius 3 is 2.71 bits per heavy atom. The lowest BCUT2D eigenvalue weighted by molar-refractivity contribution is -0.136. The van der Waals surface area contributed by atoms with Crippen molar-refractivity contribution in [1.82, 2.24) is 9.29 Å². The summed E-state index contributed by atoms with van der Waals surface area (Å²) in [6, 6.07) is 0. The zero-order chi connectivity index (χ0) is 15.6. The SMILES string of the molecule is CC1CN(S(=O)(=O)Nc2nc(CC(=O)O)cs2)CC(C)O1. The molecule has 2 N–H and O–H groups in total. The minimum atomic E-state index is -3.71. The lowest BCUT2D eigenvalue weighted by Gasteiger charge is -2.34. The average Bonchev–Trinajstić information content (AvgIpc) is 2.73. The molecule has 1 aromatic rings. The quantitative estimate of drug-likeness (QED) is 0.813. The highest BCUT2D eigenvalue weighted by Crippen LogP contribution is 2.20. The largest absolute Gasteiger partial charge is 0.481 e. The predicted octanol–water partition coefficient (Wildman–Crippen LogP) is 0.536. The molecule has 1 aliphatic heterocycles. The molecule has 0 saturated carbocycles. The zero-order valence-electron chi connectivity index (χ0n) is 11.6. The van der Waals surface area contributed by atoms with Gasteiger partial charge in [-0.2, -0.15) is 12.7 Å². The Kier molecular flexibility index (Phi) is 4.81. The molecule has 0 radical (unpaired) electrons. The van der Waals surface area contributed by atoms with Crippen molar-refractivity contribution >= 4 is 32.6 Å². The minimum Gasteiger partial charge on any atom is -0.481 e. The van der Waals surface area contributed by atoms with E-state index in [1.165, 1.54) is 9.69 Å². The smallest absolute Gasteiger partial charge is 0.309 e. The number of carbonyl (C=O) groups is 1. The van der Waals surface area contributed by atoms with Crippen LogP contribution in [0.25, 0.3) is 0 Å². The summed E-state index contributed by atoms with van der Waals surface area (Å²) in [6.45, 7) is 4.17. The van der Waals surface area contributed by atoms with Gasteiger partial charge in [0.1, 0.15) is 0 Å². The number of morpholine rings is 1. The zero-order valence-corrected chi connectivity index (χ0v) is 13.3. The van der Waals surface area contributed by atoms with Gasteiger partial charge >= 0.3 is 16.2 Å². The van der Waals surface area contributed by atoms with Crippen molar-refractivity contribution in [3.8, 4) is 0 Å². The van der Waals surface area contributed by atoms with Crippen molar-refractivity contribution in [2.24, 2.45) is 0 Å². The number of anilines is 1. The molecule has 21 heavy (non-hydrogen) atoms. The summed E-state index contributed by atoms with van der Waals surface area (Å²) >= 11 is 1.06. The maximum Gasteiger partial charge on any atom is 0.309 e. The minimum absolute atomic E-state index is 0.165. The van der Waals surface area contributed by atoms with E-state index in [9.17, 15) is 13.2 Å². The van der Waals surface area contributed by atoms with Gasteiger partial charge in [-0.05, 0) is 13.8 Å². The van der Waals surface area contributed by atoms with Crippen LogP contribution < -0.4 is 4.72 Å². The molecule has 0 bridgehead atoms. The number of carboxylic acids is 1. The third kappa shape index (κ3) is 4.37. The molecule has 0 aliphatic carbocycles. The first-order valence-corrected chi connectivity index (χ1v) is 8.68. The predicted molar refractivity (Wildman–Crippen MR) is 77.6 cm³/mol. The second kappa shape index (κ2) is 6.26. The van der Waals surface area contributed by atoms with Crippen LogP contribution in [0.4, 0.5) is 5.13 Å². The first-order valence-electron chi connectivity index (χ1n) is 6.36. The molecular weight excluding hydrogens is 318 g/mol. The van der Waals surface area contributed by atoms with Gasteiger partial charge in [0.25, 0.3) is 0 Å². The third-order valence-corrected chi connectivity index (χ3v) is 5.19. The molecule has 0 amide bonds. The molecular formula is C11H17N3O5S2. The van der Waals surface area contributed by atoms with Crippen LogP contribution in [-0.2, 0) is 26.2 Å². The number of rotatable bonds is 5. The van der Waals surface area contributed by atoms with Crippen LogP contribution in [0, 0.1) is 0 Å². The Bertz CT molecular complexity index is 605. The van der Waals surface area contributed by atoms with E-state index in [4.69, 9.17) is 9.84 Å². The summed E-state index contributed by atoms with van der Waals surface area (Å²) in [4.78, 5) is 14.5. The average molecular weight is 335 g/mol. The number of nitrogens with zero attached hydrogens (tertiary/aromatic N) is 2. The number of ether oxygens (including phenoxy) is 1. The summed E-state index contributed by atoms with van der Waals surface area (Å²) in [5.41, 5.74) is 0.328. The number of thiazole rings is 1. The van der Waals surface area contributed by atoms with Crippen molar-refractivity contribution in [3.05, 3.63) is 11.1 Å². The van der Waals surface area contributed by atoms with E-state index in [1.807, 2.05) is 13.8 Å². The molecule has 118 valence electrons. The van der Waals surface area contributed by atoms with Crippen molar-refractivity contribution in [3.63, 3.8) is 0 Å². The van der Waals surface area contributed by atoms with Gasteiger partial charge in [-0.1, -0.05) is 0 Å². The lowest BCUT2D eigenvalue weighted by atomic mass is 10.3. The lowest BCUT2D eigenvalue weighted by Crippen LogP contribution is -2.49. The van der Waals surface area contributed by atoms with Crippen molar-refractivity contribution < 1.29 is 23.1 Å². The Labute approximate surface area is 126 Å². The number of nitrogens with one attached hydrogen (secondary N) is 1. The van der Waals surface area contributed by atoms with E-state index >= 15 is 0 Å². The van der Waals surface area contributed by atoms with Gasteiger partial charge in [0, 0.05) is 18.5 Å². The van der Waals surface area contributed by atoms with Crippen LogP contribution in [0.5, 0.6) is 0 Å². The van der Waals surface area contributed by atoms with Crippen LogP contribution in [0.3, 0.4) is 0 Å². The highest BCUT2D eigenvalue weighted by molar-refractivity contribution is 7.90. The molecule has 10 heteroatoms. The molecule has 1 aliphatic rings. The maximum absolute atomic E-state index is 12.3. The number of hydrogen-bond donors (Lipinski definition) is 2. The van der Waals surface area contributed by atoms with Crippen molar-refractivity contribution in [1.29, 1.82) is 0 Å². The molecule has 1 aromatic heterocycles. The van der Waals surface area contributed by atoms with E-state index in [-0.39, 0.29) is 36.8 Å². The first kappa shape index (κ1) is 16.1. The topological polar surface area (TPSA) is 109 Å². The van der Waals surface area contributed by atoms with Gasteiger partial charge in [-0.25, -0.2) is 9.71 Å². The molecule has 1 fully saturated rings. The van der Waals surface area contributed by atoms with Crippen LogP contribution >= 0.6 is 11.3 Å². The van der Waals surface area contributed by atoms with Gasteiger partial charge in [0.05, 0.1) is 24.3 Å². The Balaban J connectivity index is 2.06. The van der Waals surface area contributed by atoms with E-state index < -0.39 is 16.2 Å². The Morgan fingerprint density at radius 1 is 1.52 bits per heavy atom. The summed E-state index contributed by atoms with van der Waals surface area (Å²) in [6.07, 6.45) is -0.586. The van der Waals surface area contributed by atoms with Crippen molar-refractivity contribution in [2.45, 2.75) is 32.5 Å². The van der Waals surface area contributed by atoms with Gasteiger partial charge in [0.2, 0.25) is 0 Å². The highest BCUT2D eigenvalue weighted by atomic mass is 32.2. The fraction of sp³-hybridized carbons (Fsp3) is 0.636. The molecule has 8 nitrogen and oxygen atoms in total. The fourth-order valence-electron chi connectivity index (χ4n) is 2.09. The molecule has 0 aromatic carbocycles. The van der Waals surface area contributed by atoms with E-state index in [0.717, 1.165) is 11.3 Å². The van der Waals surface area contributed by atoms with Crippen LogP contribution in [0.1, 0.15) is 19.5 Å². The molecule has 0 spiro atoms. The molecule has 2 heterocycles. The maximum atomic E-state index is 12.3. The molecule has 1 saturated heterocycles. The molecule has 2 atom stereocenters. The molecule has 2 unspecified atom stereocenters. The molecule has 2 rings (SSSR count). The second-order valence-corrected chi connectivity index (χ2v) is 7.42. The standard InChI is InChI=1S/C11H17N3O5S2/c1-7-4-14(5-8(2)19-7)21(17,18)13-11-12-9(6-20-11)3-10(15)16/h6-8H,3-5H2,1-2H3,(H,12,13)(H,15,16). The van der Waals surface area contributed by atoms with Crippen molar-refractivity contribution in [2.75, 3.05) is 17.8 Å².